The van der Waals surface area contributed by atoms with E-state index in [9.17, 15) is 9.90 Å². The maximum absolute atomic E-state index is 12.5. The first kappa shape index (κ1) is 23.7. The third-order valence-corrected chi connectivity index (χ3v) is 7.85. The van der Waals surface area contributed by atoms with Crippen LogP contribution >= 0.6 is 11.6 Å². The number of ether oxygens (including phenoxy) is 1. The molecule has 35 heavy (non-hydrogen) atoms. The zero-order chi connectivity index (χ0) is 24.3. The molecule has 1 heterocycles. The number of carbonyl (C=O) groups is 1. The number of aliphatic carboxylic acids is 1. The average molecular weight is 491 g/mol. The molecule has 5 rings (SSSR count). The van der Waals surface area contributed by atoms with Crippen LogP contribution in [0.5, 0.6) is 5.75 Å². The first-order valence-electron chi connectivity index (χ1n) is 12.3. The largest absolute Gasteiger partial charge is 0.494 e. The molecule has 1 spiro atoms. The molecule has 0 amide bonds. The van der Waals surface area contributed by atoms with Crippen LogP contribution in [0.3, 0.4) is 0 Å². The van der Waals surface area contributed by atoms with E-state index >= 15 is 0 Å². The maximum Gasteiger partial charge on any atom is 0.329 e. The number of hydrogen-bond donors (Lipinski definition) is 2. The minimum absolute atomic E-state index is 0.141. The van der Waals surface area contributed by atoms with Crippen molar-refractivity contribution in [1.82, 2.24) is 4.90 Å². The Hall–Kier alpha value is -3.02. The molecule has 0 aromatic heterocycles. The molecule has 0 unspecified atom stereocenters. The van der Waals surface area contributed by atoms with E-state index < -0.39 is 11.5 Å². The molecule has 0 radical (unpaired) electrons. The topological polar surface area (TPSA) is 61.8 Å². The highest BCUT2D eigenvalue weighted by Crippen LogP contribution is 2.51. The van der Waals surface area contributed by atoms with Crippen LogP contribution in [-0.4, -0.2) is 34.7 Å². The monoisotopic (exact) mass is 490 g/mol. The van der Waals surface area contributed by atoms with E-state index in [1.165, 1.54) is 11.1 Å². The van der Waals surface area contributed by atoms with E-state index in [1.54, 1.807) is 12.1 Å². The second-order valence-corrected chi connectivity index (χ2v) is 10.1. The Balaban J connectivity index is 1.32. The zero-order valence-electron chi connectivity index (χ0n) is 19.8. The molecule has 3 aromatic carbocycles. The van der Waals surface area contributed by atoms with Gasteiger partial charge >= 0.3 is 5.97 Å². The molecule has 5 nitrogen and oxygen atoms in total. The first-order chi connectivity index (χ1) is 17.0. The van der Waals surface area contributed by atoms with Gasteiger partial charge in [0.15, 0.2) is 0 Å². The highest BCUT2D eigenvalue weighted by Gasteiger charge is 2.53. The molecule has 1 aliphatic carbocycles. The number of fused-ring (bicyclic) bond motifs is 2. The molecular weight excluding hydrogens is 460 g/mol. The fraction of sp³-hybridized carbons (Fsp3) is 0.345. The number of carboxylic acids is 1. The van der Waals surface area contributed by atoms with Gasteiger partial charge in [-0.2, -0.15) is 0 Å². The normalized spacial score (nSPS) is 23.7. The lowest BCUT2D eigenvalue weighted by Crippen LogP contribution is -2.55. The summed E-state index contributed by atoms with van der Waals surface area (Å²) in [7, 11) is 0. The summed E-state index contributed by atoms with van der Waals surface area (Å²) in [5.74, 6) is 0.0873. The predicted octanol–water partition coefficient (Wildman–Crippen LogP) is 6.33. The lowest BCUT2D eigenvalue weighted by molar-refractivity contribution is -0.144. The summed E-state index contributed by atoms with van der Waals surface area (Å²) in [6.07, 6.45) is 3.56. The molecule has 6 heteroatoms. The van der Waals surface area contributed by atoms with E-state index in [0.29, 0.717) is 24.5 Å². The minimum atomic E-state index is -1.00. The number of halogens is 1. The van der Waals surface area contributed by atoms with E-state index in [2.05, 4.69) is 34.5 Å². The van der Waals surface area contributed by atoms with Gasteiger partial charge in [0.25, 0.3) is 0 Å². The Morgan fingerprint density at radius 2 is 1.71 bits per heavy atom. The maximum atomic E-state index is 12.5. The summed E-state index contributed by atoms with van der Waals surface area (Å²) in [6, 6.07) is 25.9. The molecule has 0 saturated heterocycles. The van der Waals surface area contributed by atoms with E-state index in [1.807, 2.05) is 42.5 Å². The number of nitrogens with one attached hydrogen (secondary N) is 1. The van der Waals surface area contributed by atoms with Crippen molar-refractivity contribution in [2.24, 2.45) is 0 Å². The van der Waals surface area contributed by atoms with Crippen LogP contribution in [0.15, 0.2) is 78.9 Å². The van der Waals surface area contributed by atoms with Gasteiger partial charge in [-0.1, -0.05) is 60.1 Å². The highest BCUT2D eigenvalue weighted by molar-refractivity contribution is 6.30. The number of benzene rings is 3. The molecule has 2 N–H and O–H groups in total. The highest BCUT2D eigenvalue weighted by atomic mass is 35.5. The number of rotatable bonds is 8. The Labute approximate surface area is 211 Å². The molecule has 3 aromatic rings. The van der Waals surface area contributed by atoms with Crippen molar-refractivity contribution in [2.45, 2.75) is 49.7 Å². The van der Waals surface area contributed by atoms with Gasteiger partial charge in [0, 0.05) is 29.3 Å². The van der Waals surface area contributed by atoms with Crippen LogP contribution < -0.4 is 10.1 Å². The van der Waals surface area contributed by atoms with Crippen LogP contribution in [0.4, 0.5) is 5.69 Å². The Kier molecular flexibility index (Phi) is 6.72. The summed E-state index contributed by atoms with van der Waals surface area (Å²) >= 11 is 6.16. The van der Waals surface area contributed by atoms with Gasteiger partial charge in [0.1, 0.15) is 11.3 Å². The summed E-state index contributed by atoms with van der Waals surface area (Å²) in [5, 5.41) is 14.2. The molecular formula is C29H31ClN2O3. The van der Waals surface area contributed by atoms with Crippen LogP contribution in [0.1, 0.15) is 43.2 Å². The van der Waals surface area contributed by atoms with Gasteiger partial charge in [-0.05, 0) is 73.6 Å². The lowest BCUT2D eigenvalue weighted by atomic mass is 9.69. The number of para-hydroxylation sites is 1. The third kappa shape index (κ3) is 4.75. The van der Waals surface area contributed by atoms with Gasteiger partial charge in [-0.15, -0.1) is 0 Å². The Morgan fingerprint density at radius 1 is 0.971 bits per heavy atom. The molecule has 182 valence electrons. The smallest absolute Gasteiger partial charge is 0.329 e. The lowest BCUT2D eigenvalue weighted by Gasteiger charge is -2.48. The van der Waals surface area contributed by atoms with Crippen molar-refractivity contribution in [3.05, 3.63) is 95.0 Å². The predicted molar refractivity (Wildman–Crippen MR) is 139 cm³/mol. The molecule has 1 fully saturated rings. The average Bonchev–Trinajstić information content (AvgIpc) is 3.17. The van der Waals surface area contributed by atoms with Gasteiger partial charge in [-0.25, -0.2) is 4.79 Å². The van der Waals surface area contributed by atoms with E-state index in [0.717, 1.165) is 43.8 Å². The summed E-state index contributed by atoms with van der Waals surface area (Å²) in [5.41, 5.74) is 2.30. The standard InChI is InChI=1S/C29H31ClN2O3/c30-23-9-6-10-24(20-23)31-28(27(33)34)14-16-29(17-15-28)26-13-5-4-8-22(26)21-32(29)18-7-19-35-25-11-2-1-3-12-25/h1-6,8-13,20,31H,7,14-19,21H2,(H,33,34). The van der Waals surface area contributed by atoms with Gasteiger partial charge < -0.3 is 15.2 Å². The van der Waals surface area contributed by atoms with E-state index in [4.69, 9.17) is 16.3 Å². The van der Waals surface area contributed by atoms with Crippen molar-refractivity contribution >= 4 is 23.3 Å². The van der Waals surface area contributed by atoms with Crippen LogP contribution in [0.25, 0.3) is 0 Å². The third-order valence-electron chi connectivity index (χ3n) is 7.62. The fourth-order valence-corrected chi connectivity index (χ4v) is 6.00. The second kappa shape index (κ2) is 9.92. The van der Waals surface area contributed by atoms with Crippen molar-refractivity contribution in [3.63, 3.8) is 0 Å². The van der Waals surface area contributed by atoms with Crippen LogP contribution in [0.2, 0.25) is 5.02 Å². The Morgan fingerprint density at radius 3 is 2.46 bits per heavy atom. The summed E-state index contributed by atoms with van der Waals surface area (Å²) in [6.45, 7) is 2.45. The van der Waals surface area contributed by atoms with Crippen molar-refractivity contribution in [2.75, 3.05) is 18.5 Å². The summed E-state index contributed by atoms with van der Waals surface area (Å²) in [4.78, 5) is 15.1. The number of nitrogens with zero attached hydrogens (tertiary/aromatic N) is 1. The molecule has 2 aliphatic rings. The Bertz CT molecular complexity index is 1180. The quantitative estimate of drug-likeness (QED) is 0.361. The van der Waals surface area contributed by atoms with Gasteiger partial charge in [-0.3, -0.25) is 4.90 Å². The van der Waals surface area contributed by atoms with E-state index in [-0.39, 0.29) is 5.54 Å². The minimum Gasteiger partial charge on any atom is -0.494 e. The van der Waals surface area contributed by atoms with Crippen LogP contribution in [0, 0.1) is 0 Å². The fourth-order valence-electron chi connectivity index (χ4n) is 5.81. The molecule has 0 bridgehead atoms. The van der Waals surface area contributed by atoms with Crippen molar-refractivity contribution < 1.29 is 14.6 Å². The van der Waals surface area contributed by atoms with Gasteiger partial charge in [0.05, 0.1) is 6.61 Å². The molecule has 1 saturated carbocycles. The SMILES string of the molecule is O=C(O)C1(Nc2cccc(Cl)c2)CCC2(CC1)c1ccccc1CN2CCCOc1ccccc1. The summed E-state index contributed by atoms with van der Waals surface area (Å²) < 4.78 is 5.93. The number of carboxylic acid groups (broad SMARTS) is 1. The second-order valence-electron chi connectivity index (χ2n) is 9.65. The van der Waals surface area contributed by atoms with Crippen molar-refractivity contribution in [3.8, 4) is 5.75 Å². The number of anilines is 1. The van der Waals surface area contributed by atoms with Crippen molar-refractivity contribution in [1.29, 1.82) is 0 Å². The molecule has 1 aliphatic heterocycles. The van der Waals surface area contributed by atoms with Gasteiger partial charge in [0.2, 0.25) is 0 Å². The number of hydrogen-bond acceptors (Lipinski definition) is 4. The first-order valence-corrected chi connectivity index (χ1v) is 12.7. The van der Waals surface area contributed by atoms with Crippen LogP contribution in [-0.2, 0) is 16.9 Å². The molecule has 0 atom stereocenters. The zero-order valence-corrected chi connectivity index (χ0v) is 20.5.